The second-order valence-corrected chi connectivity index (χ2v) is 4.81. The Labute approximate surface area is 88.1 Å². The molecule has 4 unspecified atom stereocenters. The Hall–Kier alpha value is -0.260. The predicted octanol–water partition coefficient (Wildman–Crippen LogP) is 1.38. The van der Waals surface area contributed by atoms with E-state index < -0.39 is 35.8 Å². The van der Waals surface area contributed by atoms with Gasteiger partial charge in [-0.3, -0.25) is 0 Å². The van der Waals surface area contributed by atoms with Crippen molar-refractivity contribution >= 4 is 0 Å². The van der Waals surface area contributed by atoms with Crippen molar-refractivity contribution in [3.8, 4) is 0 Å². The highest BCUT2D eigenvalue weighted by Crippen LogP contribution is 2.46. The number of alkyl halides is 2. The van der Waals surface area contributed by atoms with Crippen molar-refractivity contribution in [3.05, 3.63) is 0 Å². The zero-order chi connectivity index (χ0) is 12.0. The third-order valence-corrected chi connectivity index (χ3v) is 2.75. The van der Waals surface area contributed by atoms with E-state index >= 15 is 0 Å². The summed E-state index contributed by atoms with van der Waals surface area (Å²) in [4.78, 5) is 0. The van der Waals surface area contributed by atoms with Crippen LogP contribution in [0.4, 0.5) is 8.78 Å². The van der Waals surface area contributed by atoms with E-state index in [1.807, 2.05) is 0 Å². The molecule has 0 aromatic heterocycles. The molecule has 1 saturated heterocycles. The quantitative estimate of drug-likeness (QED) is 0.745. The van der Waals surface area contributed by atoms with Crippen LogP contribution in [0.3, 0.4) is 0 Å². The third kappa shape index (κ3) is 1.77. The summed E-state index contributed by atoms with van der Waals surface area (Å²) in [5, 5.41) is 18.7. The molecule has 4 atom stereocenters. The molecule has 0 saturated carbocycles. The fourth-order valence-corrected chi connectivity index (χ4v) is 1.94. The molecule has 0 radical (unpaired) electrons. The van der Waals surface area contributed by atoms with Gasteiger partial charge in [0.2, 0.25) is 0 Å². The van der Waals surface area contributed by atoms with Gasteiger partial charge in [0.25, 0.3) is 11.7 Å². The van der Waals surface area contributed by atoms with E-state index in [2.05, 4.69) is 0 Å². The molecule has 15 heavy (non-hydrogen) atoms. The summed E-state index contributed by atoms with van der Waals surface area (Å²) < 4.78 is 32.5. The van der Waals surface area contributed by atoms with Crippen molar-refractivity contribution in [2.75, 3.05) is 0 Å². The summed E-state index contributed by atoms with van der Waals surface area (Å²) in [6.07, 6.45) is -2.69. The SMILES string of the molecule is CC(C)C1OC(C(C)C)C(O)(F)C1(O)F. The minimum atomic E-state index is -3.35. The average molecular weight is 224 g/mol. The number of rotatable bonds is 2. The maximum Gasteiger partial charge on any atom is 0.295 e. The number of hydrogen-bond donors (Lipinski definition) is 2. The topological polar surface area (TPSA) is 49.7 Å². The van der Waals surface area contributed by atoms with Crippen molar-refractivity contribution in [3.63, 3.8) is 0 Å². The molecule has 90 valence electrons. The van der Waals surface area contributed by atoms with Gasteiger partial charge in [-0.2, -0.15) is 0 Å². The maximum absolute atomic E-state index is 13.7. The lowest BCUT2D eigenvalue weighted by Gasteiger charge is -2.29. The second kappa shape index (κ2) is 3.64. The lowest BCUT2D eigenvalue weighted by molar-refractivity contribution is -0.284. The van der Waals surface area contributed by atoms with Crippen LogP contribution in [0.25, 0.3) is 0 Å². The minimum absolute atomic E-state index is 0.425. The van der Waals surface area contributed by atoms with Gasteiger partial charge in [-0.15, -0.1) is 0 Å². The first kappa shape index (κ1) is 12.8. The van der Waals surface area contributed by atoms with Crippen LogP contribution in [-0.4, -0.2) is 34.1 Å². The largest absolute Gasteiger partial charge is 0.362 e. The standard InChI is InChI=1S/C10H18F2O3/c1-5(2)7-9(11,13)10(12,14)8(15-7)6(3)4/h5-8,13-14H,1-4H3. The second-order valence-electron chi connectivity index (χ2n) is 4.81. The molecule has 1 aliphatic heterocycles. The highest BCUT2D eigenvalue weighted by atomic mass is 19.2. The Kier molecular flexibility index (Phi) is 3.11. The maximum atomic E-state index is 13.7. The molecule has 0 bridgehead atoms. The van der Waals surface area contributed by atoms with Crippen molar-refractivity contribution in [2.24, 2.45) is 11.8 Å². The van der Waals surface area contributed by atoms with Crippen LogP contribution in [0.5, 0.6) is 0 Å². The van der Waals surface area contributed by atoms with Crippen LogP contribution >= 0.6 is 0 Å². The van der Waals surface area contributed by atoms with Gasteiger partial charge in [0, 0.05) is 0 Å². The first-order valence-electron chi connectivity index (χ1n) is 5.10. The van der Waals surface area contributed by atoms with Gasteiger partial charge in [0.15, 0.2) is 0 Å². The van der Waals surface area contributed by atoms with Crippen molar-refractivity contribution in [2.45, 2.75) is 51.6 Å². The number of hydrogen-bond acceptors (Lipinski definition) is 3. The summed E-state index contributed by atoms with van der Waals surface area (Å²) >= 11 is 0. The van der Waals surface area contributed by atoms with Crippen molar-refractivity contribution < 1.29 is 23.7 Å². The summed E-state index contributed by atoms with van der Waals surface area (Å²) in [6.45, 7) is 6.37. The zero-order valence-electron chi connectivity index (χ0n) is 9.37. The van der Waals surface area contributed by atoms with Crippen molar-refractivity contribution in [1.29, 1.82) is 0 Å². The van der Waals surface area contributed by atoms with E-state index in [1.54, 1.807) is 27.7 Å². The normalized spacial score (nSPS) is 46.8. The first-order chi connectivity index (χ1) is 6.62. The van der Waals surface area contributed by atoms with E-state index in [0.29, 0.717) is 0 Å². The lowest BCUT2D eigenvalue weighted by Crippen LogP contribution is -2.54. The van der Waals surface area contributed by atoms with E-state index in [9.17, 15) is 19.0 Å². The molecule has 0 spiro atoms. The summed E-state index contributed by atoms with van der Waals surface area (Å²) in [5.74, 6) is -7.55. The predicted molar refractivity (Wildman–Crippen MR) is 50.5 cm³/mol. The van der Waals surface area contributed by atoms with E-state index in [4.69, 9.17) is 4.74 Å². The molecule has 3 nitrogen and oxygen atoms in total. The van der Waals surface area contributed by atoms with Crippen molar-refractivity contribution in [1.82, 2.24) is 0 Å². The Morgan fingerprint density at radius 3 is 1.33 bits per heavy atom. The summed E-state index contributed by atoms with van der Waals surface area (Å²) in [7, 11) is 0. The summed E-state index contributed by atoms with van der Waals surface area (Å²) in [6, 6.07) is 0. The van der Waals surface area contributed by atoms with Gasteiger partial charge in [-0.05, 0) is 11.8 Å². The van der Waals surface area contributed by atoms with E-state index in [-0.39, 0.29) is 0 Å². The molecular weight excluding hydrogens is 206 g/mol. The molecule has 1 heterocycles. The Balaban J connectivity index is 3.04. The van der Waals surface area contributed by atoms with Crippen LogP contribution in [-0.2, 0) is 4.74 Å². The molecule has 1 aliphatic rings. The molecule has 0 aliphatic carbocycles. The van der Waals surface area contributed by atoms with Crippen LogP contribution in [0.2, 0.25) is 0 Å². The number of ether oxygens (including phenoxy) is 1. The molecular formula is C10H18F2O3. The van der Waals surface area contributed by atoms with E-state index in [0.717, 1.165) is 0 Å². The third-order valence-electron chi connectivity index (χ3n) is 2.75. The molecule has 0 aromatic rings. The molecule has 5 heteroatoms. The van der Waals surface area contributed by atoms with Gasteiger partial charge < -0.3 is 14.9 Å². The smallest absolute Gasteiger partial charge is 0.295 e. The highest BCUT2D eigenvalue weighted by molar-refractivity contribution is 5.04. The molecule has 0 aromatic carbocycles. The molecule has 1 rings (SSSR count). The molecule has 1 fully saturated rings. The van der Waals surface area contributed by atoms with Gasteiger partial charge in [-0.25, -0.2) is 8.78 Å². The Morgan fingerprint density at radius 1 is 0.933 bits per heavy atom. The number of halogens is 2. The first-order valence-corrected chi connectivity index (χ1v) is 5.10. The van der Waals surface area contributed by atoms with Crippen LogP contribution < -0.4 is 0 Å². The van der Waals surface area contributed by atoms with Gasteiger partial charge in [-0.1, -0.05) is 27.7 Å². The molecule has 2 N–H and O–H groups in total. The summed E-state index contributed by atoms with van der Waals surface area (Å²) in [5.41, 5.74) is 0. The zero-order valence-corrected chi connectivity index (χ0v) is 9.37. The fraction of sp³-hybridized carbons (Fsp3) is 1.00. The number of aliphatic hydroxyl groups is 2. The highest BCUT2D eigenvalue weighted by Gasteiger charge is 2.69. The fourth-order valence-electron chi connectivity index (χ4n) is 1.94. The molecule has 0 amide bonds. The van der Waals surface area contributed by atoms with Crippen LogP contribution in [0.1, 0.15) is 27.7 Å². The van der Waals surface area contributed by atoms with Gasteiger partial charge in [0.1, 0.15) is 12.2 Å². The Bertz CT molecular complexity index is 215. The monoisotopic (exact) mass is 224 g/mol. The van der Waals surface area contributed by atoms with Crippen LogP contribution in [0, 0.1) is 11.8 Å². The minimum Gasteiger partial charge on any atom is -0.362 e. The van der Waals surface area contributed by atoms with Gasteiger partial charge >= 0.3 is 0 Å². The lowest BCUT2D eigenvalue weighted by atomic mass is 9.92. The van der Waals surface area contributed by atoms with E-state index in [1.165, 1.54) is 0 Å². The average Bonchev–Trinajstić information content (AvgIpc) is 2.19. The van der Waals surface area contributed by atoms with Gasteiger partial charge in [0.05, 0.1) is 0 Å². The van der Waals surface area contributed by atoms with Crippen LogP contribution in [0.15, 0.2) is 0 Å². The Morgan fingerprint density at radius 2 is 1.20 bits per heavy atom.